The number of hydrogen-bond acceptors (Lipinski definition) is 7. The standard InChI is InChI=1S/C15H25N3O4S/c1-15(2,3)23-12-11(20)9(8-19)22-13(12)18-7-6-10(17(4)5)16-14(18)21/h6-7,9,11-13,19-20H,8H2,1-5H3/t9-,11+,12+,13-/m0/s1. The minimum Gasteiger partial charge on any atom is -0.394 e. The molecule has 0 saturated carbocycles. The summed E-state index contributed by atoms with van der Waals surface area (Å²) in [7, 11) is 3.62. The van der Waals surface area contributed by atoms with Crippen molar-refractivity contribution in [2.24, 2.45) is 0 Å². The molecule has 0 aliphatic carbocycles. The van der Waals surface area contributed by atoms with Gasteiger partial charge < -0.3 is 19.8 Å². The van der Waals surface area contributed by atoms with Crippen molar-refractivity contribution in [1.29, 1.82) is 0 Å². The molecular weight excluding hydrogens is 318 g/mol. The molecule has 1 aliphatic rings. The van der Waals surface area contributed by atoms with E-state index in [0.717, 1.165) is 0 Å². The molecular formula is C15H25N3O4S. The van der Waals surface area contributed by atoms with E-state index in [2.05, 4.69) is 4.98 Å². The Bertz CT molecular complexity index is 599. The predicted molar refractivity (Wildman–Crippen MR) is 91.0 cm³/mol. The van der Waals surface area contributed by atoms with E-state index in [9.17, 15) is 15.0 Å². The zero-order valence-corrected chi connectivity index (χ0v) is 14.9. The largest absolute Gasteiger partial charge is 0.394 e. The molecule has 1 aromatic heterocycles. The van der Waals surface area contributed by atoms with Crippen molar-refractivity contribution in [3.8, 4) is 0 Å². The van der Waals surface area contributed by atoms with E-state index < -0.39 is 24.1 Å². The van der Waals surface area contributed by atoms with Crippen LogP contribution in [0.2, 0.25) is 0 Å². The Morgan fingerprint density at radius 3 is 2.57 bits per heavy atom. The Kier molecular flexibility index (Phi) is 5.40. The molecule has 8 heteroatoms. The van der Waals surface area contributed by atoms with Gasteiger partial charge in [-0.3, -0.25) is 4.57 Å². The molecule has 4 atom stereocenters. The molecule has 2 rings (SSSR count). The van der Waals surface area contributed by atoms with Crippen LogP contribution in [0.3, 0.4) is 0 Å². The van der Waals surface area contributed by atoms with Gasteiger partial charge in [0, 0.05) is 25.0 Å². The average Bonchev–Trinajstić information content (AvgIpc) is 2.74. The third-order valence-electron chi connectivity index (χ3n) is 3.53. The maximum Gasteiger partial charge on any atom is 0.351 e. The van der Waals surface area contributed by atoms with Crippen LogP contribution in [0.4, 0.5) is 5.82 Å². The average molecular weight is 343 g/mol. The molecule has 0 aromatic carbocycles. The van der Waals surface area contributed by atoms with Crippen molar-refractivity contribution in [3.05, 3.63) is 22.7 Å². The first kappa shape index (κ1) is 18.3. The Morgan fingerprint density at radius 2 is 2.09 bits per heavy atom. The molecule has 0 unspecified atom stereocenters. The smallest absolute Gasteiger partial charge is 0.351 e. The van der Waals surface area contributed by atoms with E-state index in [1.54, 1.807) is 17.2 Å². The molecule has 0 amide bonds. The van der Waals surface area contributed by atoms with Crippen molar-refractivity contribution in [1.82, 2.24) is 9.55 Å². The van der Waals surface area contributed by atoms with Crippen molar-refractivity contribution in [3.63, 3.8) is 0 Å². The second-order valence-electron chi connectivity index (χ2n) is 6.80. The Labute approximate surface area is 140 Å². The van der Waals surface area contributed by atoms with Gasteiger partial charge in [-0.25, -0.2) is 4.79 Å². The minimum absolute atomic E-state index is 0.127. The van der Waals surface area contributed by atoms with E-state index in [-0.39, 0.29) is 16.6 Å². The molecule has 2 heterocycles. The van der Waals surface area contributed by atoms with Gasteiger partial charge in [0.25, 0.3) is 0 Å². The lowest BCUT2D eigenvalue weighted by atomic mass is 10.2. The number of ether oxygens (including phenoxy) is 1. The summed E-state index contributed by atoms with van der Waals surface area (Å²) in [4.78, 5) is 18.1. The first-order valence-corrected chi connectivity index (χ1v) is 8.40. The Morgan fingerprint density at radius 1 is 1.43 bits per heavy atom. The number of aliphatic hydroxyl groups excluding tert-OH is 2. The molecule has 1 aliphatic heterocycles. The Hall–Kier alpha value is -1.09. The molecule has 130 valence electrons. The van der Waals surface area contributed by atoms with E-state index >= 15 is 0 Å². The molecule has 23 heavy (non-hydrogen) atoms. The zero-order valence-electron chi connectivity index (χ0n) is 14.1. The molecule has 0 radical (unpaired) electrons. The molecule has 1 aromatic rings. The Balaban J connectivity index is 2.37. The first-order chi connectivity index (χ1) is 10.6. The molecule has 2 N–H and O–H groups in total. The first-order valence-electron chi connectivity index (χ1n) is 7.53. The number of aliphatic hydroxyl groups is 2. The highest BCUT2D eigenvalue weighted by Crippen LogP contribution is 2.42. The van der Waals surface area contributed by atoms with E-state index in [1.165, 1.54) is 16.3 Å². The second kappa shape index (κ2) is 6.80. The molecule has 1 saturated heterocycles. The van der Waals surface area contributed by atoms with Gasteiger partial charge in [0.1, 0.15) is 11.9 Å². The highest BCUT2D eigenvalue weighted by atomic mass is 32.2. The van der Waals surface area contributed by atoms with Gasteiger partial charge in [0.15, 0.2) is 6.23 Å². The van der Waals surface area contributed by atoms with Gasteiger partial charge in [-0.2, -0.15) is 4.98 Å². The fraction of sp³-hybridized carbons (Fsp3) is 0.733. The van der Waals surface area contributed by atoms with Gasteiger partial charge in [-0.15, -0.1) is 11.8 Å². The quantitative estimate of drug-likeness (QED) is 0.821. The van der Waals surface area contributed by atoms with Gasteiger partial charge in [0.05, 0.1) is 18.0 Å². The van der Waals surface area contributed by atoms with Gasteiger partial charge in [-0.05, 0) is 6.07 Å². The number of hydrogen-bond donors (Lipinski definition) is 2. The fourth-order valence-electron chi connectivity index (χ4n) is 2.47. The van der Waals surface area contributed by atoms with E-state index in [1.807, 2.05) is 34.9 Å². The summed E-state index contributed by atoms with van der Waals surface area (Å²) in [5, 5.41) is 19.5. The number of thioether (sulfide) groups is 1. The minimum atomic E-state index is -0.852. The topological polar surface area (TPSA) is 87.8 Å². The van der Waals surface area contributed by atoms with Crippen molar-refractivity contribution in [2.45, 2.75) is 49.2 Å². The van der Waals surface area contributed by atoms with Crippen LogP contribution in [-0.4, -0.2) is 62.7 Å². The van der Waals surface area contributed by atoms with Crippen molar-refractivity contribution >= 4 is 17.6 Å². The second-order valence-corrected chi connectivity index (χ2v) is 8.81. The van der Waals surface area contributed by atoms with Crippen LogP contribution in [0.15, 0.2) is 17.1 Å². The van der Waals surface area contributed by atoms with E-state index in [0.29, 0.717) is 5.82 Å². The normalized spacial score (nSPS) is 28.1. The molecule has 0 bridgehead atoms. The maximum atomic E-state index is 12.3. The number of aromatic nitrogens is 2. The SMILES string of the molecule is CN(C)c1ccn([C@H]2O[C@@H](CO)[C@@H](O)[C@H]2SC(C)(C)C)c(=O)n1. The molecule has 1 fully saturated rings. The van der Waals surface area contributed by atoms with Crippen LogP contribution in [0.25, 0.3) is 0 Å². The summed E-state index contributed by atoms with van der Waals surface area (Å²) in [6, 6.07) is 1.72. The fourth-order valence-corrected chi connectivity index (χ4v) is 3.92. The number of rotatable bonds is 4. The summed E-state index contributed by atoms with van der Waals surface area (Å²) in [6.07, 6.45) is -0.601. The number of anilines is 1. The maximum absolute atomic E-state index is 12.3. The lowest BCUT2D eigenvalue weighted by molar-refractivity contribution is -0.0456. The lowest BCUT2D eigenvalue weighted by Crippen LogP contribution is -2.36. The summed E-state index contributed by atoms with van der Waals surface area (Å²) >= 11 is 1.53. The van der Waals surface area contributed by atoms with Gasteiger partial charge >= 0.3 is 5.69 Å². The van der Waals surface area contributed by atoms with Crippen LogP contribution in [0.5, 0.6) is 0 Å². The van der Waals surface area contributed by atoms with Crippen molar-refractivity contribution < 1.29 is 14.9 Å². The van der Waals surface area contributed by atoms with Crippen molar-refractivity contribution in [2.75, 3.05) is 25.6 Å². The van der Waals surface area contributed by atoms with Crippen LogP contribution >= 0.6 is 11.8 Å². The highest BCUT2D eigenvalue weighted by molar-refractivity contribution is 8.01. The third-order valence-corrected chi connectivity index (χ3v) is 5.02. The van der Waals surface area contributed by atoms with E-state index in [4.69, 9.17) is 4.74 Å². The molecule has 0 spiro atoms. The predicted octanol–water partition coefficient (Wildman–Crippen LogP) is 0.460. The summed E-state index contributed by atoms with van der Waals surface area (Å²) in [5.74, 6) is 0.559. The van der Waals surface area contributed by atoms with Crippen LogP contribution < -0.4 is 10.6 Å². The lowest BCUT2D eigenvalue weighted by Gasteiger charge is -2.28. The monoisotopic (exact) mass is 343 g/mol. The molecule has 7 nitrogen and oxygen atoms in total. The number of nitrogens with zero attached hydrogens (tertiary/aromatic N) is 3. The van der Waals surface area contributed by atoms with Gasteiger partial charge in [-0.1, -0.05) is 20.8 Å². The highest BCUT2D eigenvalue weighted by Gasteiger charge is 2.46. The van der Waals surface area contributed by atoms with Crippen LogP contribution in [0.1, 0.15) is 27.0 Å². The summed E-state index contributed by atoms with van der Waals surface area (Å²) in [6.45, 7) is 5.80. The third kappa shape index (κ3) is 4.06. The summed E-state index contributed by atoms with van der Waals surface area (Å²) in [5.41, 5.74) is -0.438. The van der Waals surface area contributed by atoms with Crippen LogP contribution in [-0.2, 0) is 4.74 Å². The summed E-state index contributed by atoms with van der Waals surface area (Å²) < 4.78 is 6.99. The zero-order chi connectivity index (χ0) is 17.4. The van der Waals surface area contributed by atoms with Gasteiger partial charge in [0.2, 0.25) is 0 Å². The van der Waals surface area contributed by atoms with Crippen LogP contribution in [0, 0.1) is 0 Å².